The number of morpholine rings is 1. The molecule has 4 heteroatoms. The molecule has 0 amide bonds. The highest BCUT2D eigenvalue weighted by Gasteiger charge is 2.22. The number of rotatable bonds is 2. The van der Waals surface area contributed by atoms with Crippen molar-refractivity contribution in [3.05, 3.63) is 36.0 Å². The average molecular weight is 271 g/mol. The van der Waals surface area contributed by atoms with Crippen molar-refractivity contribution < 1.29 is 4.74 Å². The van der Waals surface area contributed by atoms with Gasteiger partial charge in [-0.05, 0) is 26.0 Å². The highest BCUT2D eigenvalue weighted by molar-refractivity contribution is 5.90. The molecule has 1 aromatic carbocycles. The lowest BCUT2D eigenvalue weighted by atomic mass is 10.1. The molecule has 0 saturated carbocycles. The van der Waals surface area contributed by atoms with Crippen LogP contribution in [0.3, 0.4) is 0 Å². The molecular weight excluding hydrogens is 250 g/mol. The number of hydrogen-bond donors (Lipinski definition) is 1. The third-order valence-electron chi connectivity index (χ3n) is 3.68. The van der Waals surface area contributed by atoms with E-state index >= 15 is 0 Å². The summed E-state index contributed by atoms with van der Waals surface area (Å²) in [7, 11) is 0. The maximum atomic E-state index is 6.13. The number of anilines is 1. The number of pyridine rings is 1. The molecule has 0 unspecified atom stereocenters. The second-order valence-electron chi connectivity index (χ2n) is 5.67. The number of nitrogens with zero attached hydrogens (tertiary/aromatic N) is 2. The Labute approximate surface area is 119 Å². The van der Waals surface area contributed by atoms with E-state index in [-0.39, 0.29) is 12.2 Å². The highest BCUT2D eigenvalue weighted by atomic mass is 16.5. The lowest BCUT2D eigenvalue weighted by molar-refractivity contribution is -0.0707. The van der Waals surface area contributed by atoms with Crippen LogP contribution in [-0.4, -0.2) is 35.2 Å². The van der Waals surface area contributed by atoms with Gasteiger partial charge in [-0.25, -0.2) is 0 Å². The van der Waals surface area contributed by atoms with Gasteiger partial charge in [0, 0.05) is 30.7 Å². The number of para-hydroxylation sites is 1. The molecule has 20 heavy (non-hydrogen) atoms. The van der Waals surface area contributed by atoms with Gasteiger partial charge in [0.1, 0.15) is 0 Å². The van der Waals surface area contributed by atoms with Crippen molar-refractivity contribution in [2.45, 2.75) is 32.6 Å². The van der Waals surface area contributed by atoms with Gasteiger partial charge in [0.15, 0.2) is 0 Å². The molecule has 2 atom stereocenters. The van der Waals surface area contributed by atoms with Crippen molar-refractivity contribution in [3.63, 3.8) is 0 Å². The zero-order valence-electron chi connectivity index (χ0n) is 12.0. The first kappa shape index (κ1) is 13.3. The molecule has 1 saturated heterocycles. The van der Waals surface area contributed by atoms with Crippen molar-refractivity contribution in [1.29, 1.82) is 0 Å². The van der Waals surface area contributed by atoms with E-state index in [1.807, 2.05) is 30.3 Å². The molecule has 1 aromatic heterocycles. The average Bonchev–Trinajstić information content (AvgIpc) is 2.37. The number of hydrogen-bond acceptors (Lipinski definition) is 4. The maximum Gasteiger partial charge on any atom is 0.0726 e. The summed E-state index contributed by atoms with van der Waals surface area (Å²) in [5.74, 6) is 0. The molecule has 1 aliphatic rings. The normalized spacial score (nSPS) is 24.1. The van der Waals surface area contributed by atoms with Crippen LogP contribution in [0.2, 0.25) is 0 Å². The summed E-state index contributed by atoms with van der Waals surface area (Å²) in [6, 6.07) is 10.0. The summed E-state index contributed by atoms with van der Waals surface area (Å²) < 4.78 is 5.76. The molecule has 2 heterocycles. The smallest absolute Gasteiger partial charge is 0.0726 e. The third kappa shape index (κ3) is 2.76. The molecule has 1 fully saturated rings. The molecule has 3 rings (SSSR count). The number of fused-ring (bicyclic) bond motifs is 1. The number of ether oxygens (including phenoxy) is 1. The maximum absolute atomic E-state index is 6.13. The topological polar surface area (TPSA) is 51.4 Å². The minimum Gasteiger partial charge on any atom is -0.398 e. The lowest BCUT2D eigenvalue weighted by Crippen LogP contribution is -2.44. The van der Waals surface area contributed by atoms with Gasteiger partial charge in [0.05, 0.1) is 23.4 Å². The fourth-order valence-electron chi connectivity index (χ4n) is 2.98. The van der Waals surface area contributed by atoms with Crippen LogP contribution < -0.4 is 5.73 Å². The summed E-state index contributed by atoms with van der Waals surface area (Å²) in [5, 5.41) is 1.03. The molecule has 1 aliphatic heterocycles. The number of nitrogen functional groups attached to an aromatic ring is 1. The van der Waals surface area contributed by atoms with Crippen molar-refractivity contribution in [2.75, 3.05) is 18.8 Å². The van der Waals surface area contributed by atoms with Crippen LogP contribution in [0, 0.1) is 0 Å². The Morgan fingerprint density at radius 2 is 1.95 bits per heavy atom. The molecular formula is C16H21N3O. The molecule has 0 aliphatic carbocycles. The van der Waals surface area contributed by atoms with Gasteiger partial charge in [0.2, 0.25) is 0 Å². The van der Waals surface area contributed by atoms with E-state index in [0.717, 1.165) is 41.9 Å². The molecule has 0 radical (unpaired) electrons. The Kier molecular flexibility index (Phi) is 3.59. The van der Waals surface area contributed by atoms with Gasteiger partial charge in [-0.3, -0.25) is 9.88 Å². The zero-order valence-corrected chi connectivity index (χ0v) is 12.0. The van der Waals surface area contributed by atoms with Gasteiger partial charge in [-0.15, -0.1) is 0 Å². The Morgan fingerprint density at radius 1 is 1.25 bits per heavy atom. The van der Waals surface area contributed by atoms with Crippen LogP contribution in [0.5, 0.6) is 0 Å². The SMILES string of the molecule is C[C@@H]1CN(Cc2cc(N)c3ccccc3n2)C[C@H](C)O1. The summed E-state index contributed by atoms with van der Waals surface area (Å²) in [5.41, 5.74) is 8.94. The van der Waals surface area contributed by atoms with Crippen molar-refractivity contribution >= 4 is 16.6 Å². The van der Waals surface area contributed by atoms with E-state index in [2.05, 4.69) is 18.7 Å². The summed E-state index contributed by atoms with van der Waals surface area (Å²) >= 11 is 0. The van der Waals surface area contributed by atoms with E-state index in [4.69, 9.17) is 15.5 Å². The van der Waals surface area contributed by atoms with Crippen molar-refractivity contribution in [2.24, 2.45) is 0 Å². The van der Waals surface area contributed by atoms with Crippen LogP contribution >= 0.6 is 0 Å². The Bertz CT molecular complexity index is 604. The quantitative estimate of drug-likeness (QED) is 0.911. The summed E-state index contributed by atoms with van der Waals surface area (Å²) in [6.45, 7) is 6.94. The second kappa shape index (κ2) is 5.38. The number of nitrogens with two attached hydrogens (primary N) is 1. The Hall–Kier alpha value is -1.65. The minimum absolute atomic E-state index is 0.275. The van der Waals surface area contributed by atoms with E-state index in [1.54, 1.807) is 0 Å². The highest BCUT2D eigenvalue weighted by Crippen LogP contribution is 2.21. The molecule has 2 N–H and O–H groups in total. The minimum atomic E-state index is 0.275. The molecule has 0 bridgehead atoms. The zero-order chi connectivity index (χ0) is 14.1. The largest absolute Gasteiger partial charge is 0.398 e. The number of benzene rings is 1. The van der Waals surface area contributed by atoms with Crippen LogP contribution in [0.4, 0.5) is 5.69 Å². The predicted octanol–water partition coefficient (Wildman–Crippen LogP) is 2.43. The Morgan fingerprint density at radius 3 is 2.70 bits per heavy atom. The molecule has 0 spiro atoms. The Balaban J connectivity index is 1.84. The third-order valence-corrected chi connectivity index (χ3v) is 3.68. The standard InChI is InChI=1S/C16H21N3O/c1-11-8-19(9-12(2)20-11)10-13-7-15(17)14-5-3-4-6-16(14)18-13/h3-7,11-12H,8-10H2,1-2H3,(H2,17,18)/t11-,12+. The fourth-order valence-corrected chi connectivity index (χ4v) is 2.98. The fraction of sp³-hybridized carbons (Fsp3) is 0.438. The van der Waals surface area contributed by atoms with Crippen LogP contribution in [0.1, 0.15) is 19.5 Å². The van der Waals surface area contributed by atoms with Gasteiger partial charge in [-0.2, -0.15) is 0 Å². The second-order valence-corrected chi connectivity index (χ2v) is 5.67. The van der Waals surface area contributed by atoms with Crippen LogP contribution in [-0.2, 0) is 11.3 Å². The van der Waals surface area contributed by atoms with Crippen LogP contribution in [0.15, 0.2) is 30.3 Å². The van der Waals surface area contributed by atoms with Gasteiger partial charge in [0.25, 0.3) is 0 Å². The molecule has 4 nitrogen and oxygen atoms in total. The van der Waals surface area contributed by atoms with Gasteiger partial charge < -0.3 is 10.5 Å². The van der Waals surface area contributed by atoms with Crippen molar-refractivity contribution in [3.8, 4) is 0 Å². The van der Waals surface area contributed by atoms with E-state index in [9.17, 15) is 0 Å². The lowest BCUT2D eigenvalue weighted by Gasteiger charge is -2.35. The monoisotopic (exact) mass is 271 g/mol. The first-order chi connectivity index (χ1) is 9.61. The molecule has 2 aromatic rings. The molecule has 106 valence electrons. The van der Waals surface area contributed by atoms with E-state index in [0.29, 0.717) is 0 Å². The van der Waals surface area contributed by atoms with Gasteiger partial charge >= 0.3 is 0 Å². The number of aromatic nitrogens is 1. The first-order valence-corrected chi connectivity index (χ1v) is 7.14. The van der Waals surface area contributed by atoms with Crippen molar-refractivity contribution in [1.82, 2.24) is 9.88 Å². The van der Waals surface area contributed by atoms with E-state index in [1.165, 1.54) is 0 Å². The summed E-state index contributed by atoms with van der Waals surface area (Å²) in [6.07, 6.45) is 0.549. The first-order valence-electron chi connectivity index (χ1n) is 7.14. The predicted molar refractivity (Wildman–Crippen MR) is 81.4 cm³/mol. The van der Waals surface area contributed by atoms with Crippen LogP contribution in [0.25, 0.3) is 10.9 Å². The summed E-state index contributed by atoms with van der Waals surface area (Å²) in [4.78, 5) is 7.10. The van der Waals surface area contributed by atoms with Gasteiger partial charge in [-0.1, -0.05) is 18.2 Å². The van der Waals surface area contributed by atoms with E-state index < -0.39 is 0 Å².